The zero-order chi connectivity index (χ0) is 22.7. The first-order chi connectivity index (χ1) is 15.5. The number of ether oxygens (including phenoxy) is 2. The van der Waals surface area contributed by atoms with E-state index in [2.05, 4.69) is 10.4 Å². The highest BCUT2D eigenvalue weighted by Crippen LogP contribution is 2.29. The van der Waals surface area contributed by atoms with Crippen LogP contribution >= 0.6 is 0 Å². The molecule has 32 heavy (non-hydrogen) atoms. The van der Waals surface area contributed by atoms with E-state index in [0.29, 0.717) is 28.0 Å². The van der Waals surface area contributed by atoms with Crippen LogP contribution in [0, 0.1) is 18.3 Å². The number of anilines is 1. The number of para-hydroxylation sites is 1. The van der Waals surface area contributed by atoms with Crippen molar-refractivity contribution in [1.82, 2.24) is 9.78 Å². The number of aryl methyl sites for hydroxylation is 1. The number of amides is 1. The monoisotopic (exact) mass is 430 g/mol. The number of nitriles is 1. The van der Waals surface area contributed by atoms with E-state index in [-0.39, 0.29) is 17.1 Å². The Morgan fingerprint density at radius 2 is 2.00 bits per heavy atom. The van der Waals surface area contributed by atoms with Crippen LogP contribution in [0.3, 0.4) is 0 Å². The predicted molar refractivity (Wildman–Crippen MR) is 115 cm³/mol. The summed E-state index contributed by atoms with van der Waals surface area (Å²) in [5.74, 6) is -0.572. The van der Waals surface area contributed by atoms with Gasteiger partial charge in [-0.2, -0.15) is 10.4 Å². The molecule has 9 heteroatoms. The van der Waals surface area contributed by atoms with E-state index in [1.165, 1.54) is 10.9 Å². The average Bonchev–Trinajstić information content (AvgIpc) is 3.38. The number of carbonyl (C=O) groups excluding carboxylic acids is 2. The number of hydrogen-bond acceptors (Lipinski definition) is 7. The van der Waals surface area contributed by atoms with Crippen molar-refractivity contribution in [3.8, 4) is 17.5 Å². The highest BCUT2D eigenvalue weighted by atomic mass is 16.5. The van der Waals surface area contributed by atoms with Gasteiger partial charge < -0.3 is 19.2 Å². The van der Waals surface area contributed by atoms with Crippen molar-refractivity contribution in [2.24, 2.45) is 0 Å². The second-order valence-corrected chi connectivity index (χ2v) is 6.81. The second kappa shape index (κ2) is 8.65. The number of aromatic nitrogens is 2. The van der Waals surface area contributed by atoms with E-state index in [4.69, 9.17) is 13.9 Å². The SMILES string of the molecule is COc1ccc2oc(C(=O)OCC(=O)Nc3c(C#N)cnn3-c3ccccc3)c(C)c2c1. The average molecular weight is 430 g/mol. The summed E-state index contributed by atoms with van der Waals surface area (Å²) in [6, 6.07) is 16.2. The Labute approximate surface area is 182 Å². The quantitative estimate of drug-likeness (QED) is 0.464. The number of carbonyl (C=O) groups is 2. The van der Waals surface area contributed by atoms with Crippen LogP contribution in [0.4, 0.5) is 5.82 Å². The summed E-state index contributed by atoms with van der Waals surface area (Å²) >= 11 is 0. The number of furan rings is 1. The molecule has 9 nitrogen and oxygen atoms in total. The molecule has 0 aliphatic rings. The molecule has 0 spiro atoms. The highest BCUT2D eigenvalue weighted by molar-refractivity contribution is 5.98. The molecule has 2 aromatic carbocycles. The van der Waals surface area contributed by atoms with Crippen LogP contribution in [-0.4, -0.2) is 35.4 Å². The van der Waals surface area contributed by atoms with Gasteiger partial charge in [-0.3, -0.25) is 4.79 Å². The molecule has 2 heterocycles. The fraction of sp³-hybridized carbons (Fsp3) is 0.130. The van der Waals surface area contributed by atoms with Crippen molar-refractivity contribution in [2.75, 3.05) is 19.0 Å². The summed E-state index contributed by atoms with van der Waals surface area (Å²) in [5, 5.41) is 16.8. The van der Waals surface area contributed by atoms with Crippen LogP contribution in [0.1, 0.15) is 21.7 Å². The highest BCUT2D eigenvalue weighted by Gasteiger charge is 2.21. The minimum atomic E-state index is -0.773. The fourth-order valence-electron chi connectivity index (χ4n) is 3.20. The van der Waals surface area contributed by atoms with Gasteiger partial charge >= 0.3 is 5.97 Å². The van der Waals surface area contributed by atoms with Crippen molar-refractivity contribution >= 4 is 28.7 Å². The number of benzene rings is 2. The lowest BCUT2D eigenvalue weighted by molar-refractivity contribution is -0.119. The molecule has 0 aliphatic heterocycles. The Balaban J connectivity index is 1.48. The Morgan fingerprint density at radius 3 is 2.72 bits per heavy atom. The Hall–Kier alpha value is -4.58. The molecule has 4 aromatic rings. The molecular formula is C23H18N4O5. The summed E-state index contributed by atoms with van der Waals surface area (Å²) in [5.41, 5.74) is 1.92. The van der Waals surface area contributed by atoms with Gasteiger partial charge in [0.1, 0.15) is 23.0 Å². The summed E-state index contributed by atoms with van der Waals surface area (Å²) < 4.78 is 17.4. The Morgan fingerprint density at radius 1 is 1.22 bits per heavy atom. The first-order valence-electron chi connectivity index (χ1n) is 9.59. The summed E-state index contributed by atoms with van der Waals surface area (Å²) in [6.07, 6.45) is 1.35. The van der Waals surface area contributed by atoms with Gasteiger partial charge in [0.05, 0.1) is 19.0 Å². The minimum Gasteiger partial charge on any atom is -0.497 e. The van der Waals surface area contributed by atoms with E-state index in [9.17, 15) is 14.9 Å². The molecule has 0 aliphatic carbocycles. The maximum absolute atomic E-state index is 12.5. The van der Waals surface area contributed by atoms with Gasteiger partial charge in [-0.15, -0.1) is 0 Å². The van der Waals surface area contributed by atoms with Crippen LogP contribution < -0.4 is 10.1 Å². The fourth-order valence-corrected chi connectivity index (χ4v) is 3.20. The number of methoxy groups -OCH3 is 1. The van der Waals surface area contributed by atoms with Crippen LogP contribution in [0.5, 0.6) is 5.75 Å². The zero-order valence-corrected chi connectivity index (χ0v) is 17.3. The third-order valence-corrected chi connectivity index (χ3v) is 4.81. The van der Waals surface area contributed by atoms with E-state index >= 15 is 0 Å². The summed E-state index contributed by atoms with van der Waals surface area (Å²) in [7, 11) is 1.55. The number of esters is 1. The van der Waals surface area contributed by atoms with Gasteiger partial charge in [-0.05, 0) is 37.3 Å². The van der Waals surface area contributed by atoms with Crippen molar-refractivity contribution in [3.05, 3.63) is 71.6 Å². The molecule has 2 aromatic heterocycles. The lowest BCUT2D eigenvalue weighted by atomic mass is 10.1. The third kappa shape index (κ3) is 3.89. The number of rotatable bonds is 6. The second-order valence-electron chi connectivity index (χ2n) is 6.81. The summed E-state index contributed by atoms with van der Waals surface area (Å²) in [4.78, 5) is 25.0. The topological polar surface area (TPSA) is 119 Å². The smallest absolute Gasteiger partial charge is 0.375 e. The first kappa shape index (κ1) is 20.7. The molecule has 1 amide bonds. The molecule has 4 rings (SSSR count). The Bertz CT molecular complexity index is 1350. The number of fused-ring (bicyclic) bond motifs is 1. The molecule has 0 radical (unpaired) electrons. The van der Waals surface area contributed by atoms with Gasteiger partial charge in [-0.25, -0.2) is 9.48 Å². The van der Waals surface area contributed by atoms with Crippen LogP contribution in [-0.2, 0) is 9.53 Å². The Kier molecular flexibility index (Phi) is 5.59. The maximum atomic E-state index is 12.5. The molecule has 0 saturated carbocycles. The molecule has 0 saturated heterocycles. The van der Waals surface area contributed by atoms with Crippen molar-refractivity contribution in [2.45, 2.75) is 6.92 Å². The molecule has 0 bridgehead atoms. The van der Waals surface area contributed by atoms with Crippen LogP contribution in [0.25, 0.3) is 16.7 Å². The molecular weight excluding hydrogens is 412 g/mol. The van der Waals surface area contributed by atoms with E-state index in [1.54, 1.807) is 44.4 Å². The predicted octanol–water partition coefficient (Wildman–Crippen LogP) is 3.60. The first-order valence-corrected chi connectivity index (χ1v) is 9.59. The molecule has 1 N–H and O–H groups in total. The molecule has 160 valence electrons. The zero-order valence-electron chi connectivity index (χ0n) is 17.3. The number of nitrogens with zero attached hydrogens (tertiary/aromatic N) is 3. The molecule has 0 atom stereocenters. The number of nitrogens with one attached hydrogen (secondary N) is 1. The van der Waals surface area contributed by atoms with Crippen molar-refractivity contribution in [3.63, 3.8) is 0 Å². The van der Waals surface area contributed by atoms with Gasteiger partial charge in [0, 0.05) is 10.9 Å². The normalized spacial score (nSPS) is 10.5. The van der Waals surface area contributed by atoms with Crippen LogP contribution in [0.2, 0.25) is 0 Å². The lowest BCUT2D eigenvalue weighted by Crippen LogP contribution is -2.23. The van der Waals surface area contributed by atoms with Crippen LogP contribution in [0.15, 0.2) is 59.1 Å². The lowest BCUT2D eigenvalue weighted by Gasteiger charge is -2.09. The third-order valence-electron chi connectivity index (χ3n) is 4.81. The van der Waals surface area contributed by atoms with Gasteiger partial charge in [0.15, 0.2) is 12.4 Å². The maximum Gasteiger partial charge on any atom is 0.375 e. The van der Waals surface area contributed by atoms with E-state index < -0.39 is 18.5 Å². The molecule has 0 fully saturated rings. The molecule has 0 unspecified atom stereocenters. The van der Waals surface area contributed by atoms with Crippen molar-refractivity contribution < 1.29 is 23.5 Å². The van der Waals surface area contributed by atoms with E-state index in [1.807, 2.05) is 24.3 Å². The summed E-state index contributed by atoms with van der Waals surface area (Å²) in [6.45, 7) is 1.16. The minimum absolute atomic E-state index is 0.00749. The van der Waals surface area contributed by atoms with Gasteiger partial charge in [0.2, 0.25) is 5.76 Å². The number of hydrogen-bond donors (Lipinski definition) is 1. The van der Waals surface area contributed by atoms with E-state index in [0.717, 1.165) is 0 Å². The van der Waals surface area contributed by atoms with Crippen molar-refractivity contribution in [1.29, 1.82) is 5.26 Å². The largest absolute Gasteiger partial charge is 0.497 e. The standard InChI is InChI=1S/C23H18N4O5/c1-14-18-10-17(30-2)8-9-19(18)32-21(14)23(29)31-13-20(28)26-22-15(11-24)12-25-27(22)16-6-4-3-5-7-16/h3-10,12H,13H2,1-2H3,(H,26,28). The van der Waals surface area contributed by atoms with Gasteiger partial charge in [0.25, 0.3) is 5.91 Å². The van der Waals surface area contributed by atoms with Gasteiger partial charge in [-0.1, -0.05) is 18.2 Å².